The molecule has 2 aromatic rings. The highest BCUT2D eigenvalue weighted by molar-refractivity contribution is 6.02. The summed E-state index contributed by atoms with van der Waals surface area (Å²) < 4.78 is 1.94. The molecule has 0 N–H and O–H groups in total. The number of amides is 2. The Bertz CT molecular complexity index is 786. The molecule has 6 heteroatoms. The lowest BCUT2D eigenvalue weighted by atomic mass is 10.0. The molecular formula is C19H22N4O2. The smallest absolute Gasteiger partial charge is 0.246 e. The molecule has 0 aliphatic carbocycles. The molecule has 2 atom stereocenters. The number of carbonyl (C=O) groups excluding carboxylic acids is 2. The summed E-state index contributed by atoms with van der Waals surface area (Å²) >= 11 is 0. The second-order valence-corrected chi connectivity index (χ2v) is 6.80. The number of carbonyl (C=O) groups is 2. The van der Waals surface area contributed by atoms with Crippen LogP contribution in [0.4, 0.5) is 5.69 Å². The van der Waals surface area contributed by atoms with Crippen molar-refractivity contribution in [2.75, 3.05) is 18.0 Å². The van der Waals surface area contributed by atoms with Crippen LogP contribution in [0.3, 0.4) is 0 Å². The Hall–Kier alpha value is -2.63. The number of benzene rings is 1. The highest BCUT2D eigenvalue weighted by atomic mass is 16.2. The van der Waals surface area contributed by atoms with E-state index in [1.807, 2.05) is 46.1 Å². The number of aromatic nitrogens is 2. The van der Waals surface area contributed by atoms with E-state index in [2.05, 4.69) is 5.10 Å². The first-order valence-electron chi connectivity index (χ1n) is 8.81. The van der Waals surface area contributed by atoms with Crippen molar-refractivity contribution in [1.82, 2.24) is 14.7 Å². The van der Waals surface area contributed by atoms with Crippen molar-refractivity contribution in [1.29, 1.82) is 0 Å². The van der Waals surface area contributed by atoms with Gasteiger partial charge in [0, 0.05) is 44.5 Å². The third-order valence-electron chi connectivity index (χ3n) is 5.21. The molecule has 1 saturated heterocycles. The van der Waals surface area contributed by atoms with E-state index in [0.717, 1.165) is 30.6 Å². The fraction of sp³-hybridized carbons (Fsp3) is 0.421. The molecule has 1 fully saturated rings. The Kier molecular flexibility index (Phi) is 4.03. The highest BCUT2D eigenvalue weighted by Crippen LogP contribution is 2.33. The number of anilines is 1. The van der Waals surface area contributed by atoms with Crippen LogP contribution in [-0.2, 0) is 16.0 Å². The summed E-state index contributed by atoms with van der Waals surface area (Å²) in [5, 5.41) is 4.32. The van der Waals surface area contributed by atoms with E-state index in [-0.39, 0.29) is 17.9 Å². The molecule has 0 radical (unpaired) electrons. The fourth-order valence-electron chi connectivity index (χ4n) is 4.05. The molecule has 3 heterocycles. The maximum absolute atomic E-state index is 13.2. The van der Waals surface area contributed by atoms with Crippen molar-refractivity contribution < 1.29 is 9.59 Å². The molecule has 4 rings (SSSR count). The van der Waals surface area contributed by atoms with Crippen molar-refractivity contribution in [3.8, 4) is 0 Å². The lowest BCUT2D eigenvalue weighted by Crippen LogP contribution is -2.52. The van der Waals surface area contributed by atoms with Crippen molar-refractivity contribution >= 4 is 17.5 Å². The normalized spacial score (nSPS) is 22.8. The molecule has 2 amide bonds. The topological polar surface area (TPSA) is 58.4 Å². The molecule has 1 aromatic carbocycles. The predicted molar refractivity (Wildman–Crippen MR) is 94.2 cm³/mol. The minimum Gasteiger partial charge on any atom is -0.339 e. The lowest BCUT2D eigenvalue weighted by Gasteiger charge is -2.36. The third-order valence-corrected chi connectivity index (χ3v) is 5.21. The zero-order valence-electron chi connectivity index (χ0n) is 14.3. The van der Waals surface area contributed by atoms with Crippen LogP contribution in [0.5, 0.6) is 0 Å². The number of piperidine rings is 1. The van der Waals surface area contributed by atoms with Crippen LogP contribution in [-0.4, -0.2) is 45.6 Å². The Morgan fingerprint density at radius 1 is 1.20 bits per heavy atom. The van der Waals surface area contributed by atoms with Crippen molar-refractivity contribution in [3.05, 3.63) is 48.3 Å². The number of para-hydroxylation sites is 1. The Morgan fingerprint density at radius 2 is 2.04 bits per heavy atom. The summed E-state index contributed by atoms with van der Waals surface area (Å²) in [6, 6.07) is 9.49. The zero-order valence-corrected chi connectivity index (χ0v) is 14.3. The van der Waals surface area contributed by atoms with E-state index in [4.69, 9.17) is 0 Å². The predicted octanol–water partition coefficient (Wildman–Crippen LogP) is 2.02. The summed E-state index contributed by atoms with van der Waals surface area (Å²) in [7, 11) is 0. The Labute approximate surface area is 147 Å². The van der Waals surface area contributed by atoms with E-state index < -0.39 is 6.04 Å². The number of nitrogens with zero attached hydrogens (tertiary/aromatic N) is 4. The van der Waals surface area contributed by atoms with Gasteiger partial charge in [-0.2, -0.15) is 5.10 Å². The van der Waals surface area contributed by atoms with Crippen LogP contribution < -0.4 is 4.90 Å². The molecule has 130 valence electrons. The fourth-order valence-corrected chi connectivity index (χ4v) is 4.05. The maximum atomic E-state index is 13.2. The number of fused-ring (bicyclic) bond motifs is 1. The van der Waals surface area contributed by atoms with E-state index in [0.29, 0.717) is 13.0 Å². The molecule has 0 unspecified atom stereocenters. The molecule has 0 bridgehead atoms. The van der Waals surface area contributed by atoms with E-state index in [1.54, 1.807) is 11.1 Å². The highest BCUT2D eigenvalue weighted by Gasteiger charge is 2.40. The van der Waals surface area contributed by atoms with E-state index in [1.165, 1.54) is 6.92 Å². The van der Waals surface area contributed by atoms with Gasteiger partial charge in [-0.05, 0) is 30.5 Å². The second kappa shape index (κ2) is 6.35. The van der Waals surface area contributed by atoms with E-state index in [9.17, 15) is 9.59 Å². The van der Waals surface area contributed by atoms with Crippen LogP contribution in [0, 0.1) is 0 Å². The van der Waals surface area contributed by atoms with Gasteiger partial charge in [0.05, 0.1) is 6.04 Å². The second-order valence-electron chi connectivity index (χ2n) is 6.80. The minimum atomic E-state index is -0.425. The van der Waals surface area contributed by atoms with Crippen LogP contribution in [0.2, 0.25) is 0 Å². The number of likely N-dealkylation sites (tertiary alicyclic amines) is 1. The van der Waals surface area contributed by atoms with Gasteiger partial charge in [-0.25, -0.2) is 0 Å². The zero-order chi connectivity index (χ0) is 17.4. The molecule has 6 nitrogen and oxygen atoms in total. The van der Waals surface area contributed by atoms with Gasteiger partial charge in [-0.3, -0.25) is 19.2 Å². The summed E-state index contributed by atoms with van der Waals surface area (Å²) in [5.74, 6) is -0.0350. The molecule has 2 aliphatic rings. The van der Waals surface area contributed by atoms with Gasteiger partial charge in [0.15, 0.2) is 0 Å². The van der Waals surface area contributed by atoms with Gasteiger partial charge < -0.3 is 4.90 Å². The SMILES string of the molecule is CC(=O)N1c2ccccc2C[C@H]1C(=O)N1CCC[C@H](n2cccn2)C1. The van der Waals surface area contributed by atoms with Crippen LogP contribution in [0.25, 0.3) is 0 Å². The molecular weight excluding hydrogens is 316 g/mol. The van der Waals surface area contributed by atoms with Crippen LogP contribution in [0.15, 0.2) is 42.7 Å². The van der Waals surface area contributed by atoms with Crippen molar-refractivity contribution in [2.24, 2.45) is 0 Å². The summed E-state index contributed by atoms with van der Waals surface area (Å²) in [6.45, 7) is 2.93. The van der Waals surface area contributed by atoms with Gasteiger partial charge in [0.1, 0.15) is 6.04 Å². The molecule has 0 spiro atoms. The van der Waals surface area contributed by atoms with Gasteiger partial charge >= 0.3 is 0 Å². The number of hydrogen-bond donors (Lipinski definition) is 0. The average molecular weight is 338 g/mol. The molecule has 0 saturated carbocycles. The first-order chi connectivity index (χ1) is 12.1. The molecule has 2 aliphatic heterocycles. The minimum absolute atomic E-state index is 0.0447. The quantitative estimate of drug-likeness (QED) is 0.842. The summed E-state index contributed by atoms with van der Waals surface area (Å²) in [4.78, 5) is 29.0. The standard InChI is InChI=1S/C19H22N4O2/c1-14(24)23-17-8-3-2-6-15(17)12-18(23)19(25)21-10-4-7-16(13-21)22-11-5-9-20-22/h2-3,5-6,8-9,11,16,18H,4,7,10,12-13H2,1H3/t16-,18-/m0/s1. The monoisotopic (exact) mass is 338 g/mol. The summed E-state index contributed by atoms with van der Waals surface area (Å²) in [6.07, 6.45) is 6.29. The van der Waals surface area contributed by atoms with Gasteiger partial charge in [-0.15, -0.1) is 0 Å². The van der Waals surface area contributed by atoms with Crippen LogP contribution in [0.1, 0.15) is 31.4 Å². The van der Waals surface area contributed by atoms with Gasteiger partial charge in [0.2, 0.25) is 11.8 Å². The number of rotatable bonds is 2. The van der Waals surface area contributed by atoms with Gasteiger partial charge in [0.25, 0.3) is 0 Å². The first-order valence-corrected chi connectivity index (χ1v) is 8.81. The van der Waals surface area contributed by atoms with Crippen molar-refractivity contribution in [2.45, 2.75) is 38.3 Å². The van der Waals surface area contributed by atoms with Gasteiger partial charge in [-0.1, -0.05) is 18.2 Å². The third kappa shape index (κ3) is 2.81. The number of hydrogen-bond acceptors (Lipinski definition) is 3. The van der Waals surface area contributed by atoms with E-state index >= 15 is 0 Å². The summed E-state index contributed by atoms with van der Waals surface area (Å²) in [5.41, 5.74) is 1.94. The Morgan fingerprint density at radius 3 is 2.80 bits per heavy atom. The largest absolute Gasteiger partial charge is 0.339 e. The Balaban J connectivity index is 1.55. The average Bonchev–Trinajstić information content (AvgIpc) is 3.28. The molecule has 1 aromatic heterocycles. The first kappa shape index (κ1) is 15.9. The van der Waals surface area contributed by atoms with Crippen LogP contribution >= 0.6 is 0 Å². The molecule has 25 heavy (non-hydrogen) atoms. The maximum Gasteiger partial charge on any atom is 0.246 e. The lowest BCUT2D eigenvalue weighted by molar-refractivity contribution is -0.135. The van der Waals surface area contributed by atoms with Crippen molar-refractivity contribution in [3.63, 3.8) is 0 Å².